The van der Waals surface area contributed by atoms with Gasteiger partial charge in [-0.05, 0) is 32.0 Å². The number of carbonyl (C=O) groups is 1. The Balaban J connectivity index is 1.78. The van der Waals surface area contributed by atoms with E-state index in [4.69, 9.17) is 0 Å². The molecule has 3 aromatic rings. The number of hydrogen-bond acceptors (Lipinski definition) is 7. The van der Waals surface area contributed by atoms with Crippen LogP contribution in [0.25, 0.3) is 5.69 Å². The van der Waals surface area contributed by atoms with Gasteiger partial charge in [0.2, 0.25) is 5.95 Å². The molecule has 166 valence electrons. The predicted octanol–water partition coefficient (Wildman–Crippen LogP) is 3.00. The topological polar surface area (TPSA) is 113 Å². The fourth-order valence-corrected chi connectivity index (χ4v) is 3.10. The fourth-order valence-electron chi connectivity index (χ4n) is 3.10. The summed E-state index contributed by atoms with van der Waals surface area (Å²) in [6.45, 7) is 5.13. The summed E-state index contributed by atoms with van der Waals surface area (Å²) in [4.78, 5) is 24.1. The molecule has 0 radical (unpaired) electrons. The zero-order valence-corrected chi connectivity index (χ0v) is 17.8. The van der Waals surface area contributed by atoms with Gasteiger partial charge in [-0.3, -0.25) is 4.79 Å². The maximum absolute atomic E-state index is 13.4. The summed E-state index contributed by atoms with van der Waals surface area (Å²) in [6.07, 6.45) is 5.13. The molecule has 0 unspecified atom stereocenters. The second kappa shape index (κ2) is 9.47. The van der Waals surface area contributed by atoms with Crippen LogP contribution in [0, 0.1) is 11.3 Å². The van der Waals surface area contributed by atoms with Gasteiger partial charge in [-0.15, -0.1) is 0 Å². The summed E-state index contributed by atoms with van der Waals surface area (Å²) in [6, 6.07) is 6.47. The van der Waals surface area contributed by atoms with E-state index in [0.29, 0.717) is 23.4 Å². The average molecular weight is 440 g/mol. The first-order valence-corrected chi connectivity index (χ1v) is 9.90. The lowest BCUT2D eigenvalue weighted by atomic mass is 10.1. The van der Waals surface area contributed by atoms with Crippen molar-refractivity contribution >= 4 is 11.9 Å². The van der Waals surface area contributed by atoms with Crippen LogP contribution < -0.4 is 5.32 Å². The molecule has 1 atom stereocenters. The van der Waals surface area contributed by atoms with Crippen LogP contribution in [0.15, 0.2) is 43.0 Å². The number of anilines is 1. The van der Waals surface area contributed by atoms with E-state index < -0.39 is 5.92 Å². The van der Waals surface area contributed by atoms with Crippen LogP contribution in [0.1, 0.15) is 42.3 Å². The Morgan fingerprint density at radius 2 is 1.94 bits per heavy atom. The molecule has 2 heterocycles. The van der Waals surface area contributed by atoms with Crippen molar-refractivity contribution in [2.24, 2.45) is 0 Å². The zero-order valence-electron chi connectivity index (χ0n) is 17.8. The number of likely N-dealkylation sites (N-methyl/N-ethyl adjacent to an activating group) is 1. The number of rotatable bonds is 8. The Labute approximate surface area is 183 Å². The third-order valence-electron chi connectivity index (χ3n) is 4.84. The van der Waals surface area contributed by atoms with Gasteiger partial charge in [-0.1, -0.05) is 0 Å². The molecule has 0 aliphatic rings. The van der Waals surface area contributed by atoms with Crippen molar-refractivity contribution in [2.75, 3.05) is 18.4 Å². The Morgan fingerprint density at radius 1 is 1.28 bits per heavy atom. The summed E-state index contributed by atoms with van der Waals surface area (Å²) >= 11 is 0. The van der Waals surface area contributed by atoms with Crippen molar-refractivity contribution < 1.29 is 13.6 Å². The van der Waals surface area contributed by atoms with E-state index in [1.807, 2.05) is 19.9 Å². The minimum Gasteiger partial charge on any atom is -0.352 e. The third kappa shape index (κ3) is 5.03. The average Bonchev–Trinajstić information content (AvgIpc) is 3.32. The summed E-state index contributed by atoms with van der Waals surface area (Å²) in [5.74, 6) is -3.13. The number of nitrogens with one attached hydrogen (secondary N) is 1. The standard InChI is InChI=1S/C21H22F2N8O/c1-4-30(14(2)11-25-20-26-12-16(13-27-20)21(3,22)23)19(32)17-9-15(10-24)5-6-18(17)31-28-7-8-29-31/h5-9,12-14H,4,11H2,1-3H3,(H,25,26,27)/t14-/m0/s1. The van der Waals surface area contributed by atoms with E-state index in [1.165, 1.54) is 23.3 Å². The number of carbonyl (C=O) groups excluding carboxylic acids is 1. The number of benzene rings is 1. The highest BCUT2D eigenvalue weighted by Crippen LogP contribution is 2.25. The number of nitriles is 1. The maximum Gasteiger partial charge on any atom is 0.273 e. The normalized spacial score (nSPS) is 12.1. The number of alkyl halides is 2. The third-order valence-corrected chi connectivity index (χ3v) is 4.84. The second-order valence-electron chi connectivity index (χ2n) is 7.17. The molecule has 0 aliphatic carbocycles. The van der Waals surface area contributed by atoms with Gasteiger partial charge < -0.3 is 10.2 Å². The van der Waals surface area contributed by atoms with Crippen LogP contribution in [0.2, 0.25) is 0 Å². The van der Waals surface area contributed by atoms with Crippen LogP contribution in [0.4, 0.5) is 14.7 Å². The molecular formula is C21H22F2N8O. The highest BCUT2D eigenvalue weighted by atomic mass is 19.3. The summed E-state index contributed by atoms with van der Waals surface area (Å²) < 4.78 is 26.6. The van der Waals surface area contributed by atoms with E-state index >= 15 is 0 Å². The quantitative estimate of drug-likeness (QED) is 0.573. The summed E-state index contributed by atoms with van der Waals surface area (Å²) in [7, 11) is 0. The van der Waals surface area contributed by atoms with Gasteiger partial charge in [0.05, 0.1) is 40.8 Å². The van der Waals surface area contributed by atoms with Gasteiger partial charge in [0.25, 0.3) is 11.8 Å². The van der Waals surface area contributed by atoms with Gasteiger partial charge >= 0.3 is 0 Å². The van der Waals surface area contributed by atoms with Crippen molar-refractivity contribution in [2.45, 2.75) is 32.7 Å². The maximum atomic E-state index is 13.4. The summed E-state index contributed by atoms with van der Waals surface area (Å²) in [5, 5.41) is 20.4. The monoisotopic (exact) mass is 440 g/mol. The highest BCUT2D eigenvalue weighted by Gasteiger charge is 2.26. The SMILES string of the molecule is CCN(C(=O)c1cc(C#N)ccc1-n1nccn1)[C@@H](C)CNc1ncc(C(C)(F)F)cn1. The van der Waals surface area contributed by atoms with E-state index in [0.717, 1.165) is 19.3 Å². The lowest BCUT2D eigenvalue weighted by Gasteiger charge is -2.29. The Morgan fingerprint density at radius 3 is 2.50 bits per heavy atom. The van der Waals surface area contributed by atoms with Crippen LogP contribution in [0.5, 0.6) is 0 Å². The summed E-state index contributed by atoms with van der Waals surface area (Å²) in [5.41, 5.74) is 0.808. The molecule has 2 aromatic heterocycles. The van der Waals surface area contributed by atoms with E-state index in [9.17, 15) is 18.8 Å². The van der Waals surface area contributed by atoms with Crippen molar-refractivity contribution in [3.8, 4) is 11.8 Å². The molecule has 0 spiro atoms. The molecular weight excluding hydrogens is 418 g/mol. The number of nitrogens with zero attached hydrogens (tertiary/aromatic N) is 7. The number of halogens is 2. The van der Waals surface area contributed by atoms with Gasteiger partial charge in [-0.25, -0.2) is 18.7 Å². The molecule has 0 saturated heterocycles. The molecule has 0 saturated carbocycles. The van der Waals surface area contributed by atoms with E-state index in [2.05, 4.69) is 25.5 Å². The van der Waals surface area contributed by atoms with Crippen molar-refractivity contribution in [3.05, 3.63) is 59.7 Å². The molecule has 1 N–H and O–H groups in total. The Bertz CT molecular complexity index is 1100. The lowest BCUT2D eigenvalue weighted by Crippen LogP contribution is -2.42. The molecule has 3 rings (SSSR count). The molecule has 0 fully saturated rings. The Kier molecular flexibility index (Phi) is 6.73. The predicted molar refractivity (Wildman–Crippen MR) is 112 cm³/mol. The second-order valence-corrected chi connectivity index (χ2v) is 7.17. The van der Waals surface area contributed by atoms with Gasteiger partial charge in [0, 0.05) is 38.4 Å². The van der Waals surface area contributed by atoms with Crippen molar-refractivity contribution in [3.63, 3.8) is 0 Å². The molecule has 0 bridgehead atoms. The molecule has 9 nitrogen and oxygen atoms in total. The van der Waals surface area contributed by atoms with Gasteiger partial charge in [0.15, 0.2) is 0 Å². The molecule has 1 aromatic carbocycles. The number of hydrogen-bond donors (Lipinski definition) is 1. The van der Waals surface area contributed by atoms with E-state index in [-0.39, 0.29) is 30.0 Å². The van der Waals surface area contributed by atoms with Crippen molar-refractivity contribution in [1.29, 1.82) is 5.26 Å². The van der Waals surface area contributed by atoms with Crippen LogP contribution in [-0.4, -0.2) is 54.9 Å². The first kappa shape index (κ1) is 22.7. The molecule has 0 aliphatic heterocycles. The molecule has 1 amide bonds. The zero-order chi connectivity index (χ0) is 23.3. The smallest absolute Gasteiger partial charge is 0.273 e. The van der Waals surface area contributed by atoms with Gasteiger partial charge in [0.1, 0.15) is 0 Å². The minimum absolute atomic E-state index is 0.182. The first-order valence-electron chi connectivity index (χ1n) is 9.90. The van der Waals surface area contributed by atoms with Gasteiger partial charge in [-0.2, -0.15) is 20.3 Å². The lowest BCUT2D eigenvalue weighted by molar-refractivity contribution is 0.0167. The van der Waals surface area contributed by atoms with Crippen LogP contribution in [-0.2, 0) is 5.92 Å². The van der Waals surface area contributed by atoms with Crippen LogP contribution >= 0.6 is 0 Å². The van der Waals surface area contributed by atoms with Crippen molar-refractivity contribution in [1.82, 2.24) is 29.9 Å². The first-order chi connectivity index (χ1) is 15.2. The van der Waals surface area contributed by atoms with E-state index in [1.54, 1.807) is 17.0 Å². The minimum atomic E-state index is -3.02. The Hall–Kier alpha value is -3.94. The highest BCUT2D eigenvalue weighted by molar-refractivity contribution is 5.98. The molecule has 11 heteroatoms. The number of amides is 1. The van der Waals surface area contributed by atoms with Crippen LogP contribution in [0.3, 0.4) is 0 Å². The number of aromatic nitrogens is 5. The largest absolute Gasteiger partial charge is 0.352 e. The fraction of sp³-hybridized carbons (Fsp3) is 0.333. The molecule has 32 heavy (non-hydrogen) atoms.